The van der Waals surface area contributed by atoms with Gasteiger partial charge in [-0.15, -0.1) is 29.5 Å². The molecule has 4 rings (SSSR count). The number of carbonyl (C=O) groups excluding carboxylic acids is 3. The molecule has 0 spiro atoms. The number of amides is 2. The van der Waals surface area contributed by atoms with Gasteiger partial charge in [0.1, 0.15) is 17.1 Å². The van der Waals surface area contributed by atoms with Crippen LogP contribution in [0, 0.1) is 12.3 Å². The maximum absolute atomic E-state index is 12.9. The summed E-state index contributed by atoms with van der Waals surface area (Å²) < 4.78 is 1.72. The van der Waals surface area contributed by atoms with Crippen LogP contribution in [0.1, 0.15) is 5.69 Å². The molecule has 0 radical (unpaired) electrons. The van der Waals surface area contributed by atoms with E-state index in [1.54, 1.807) is 29.1 Å². The molecule has 2 aliphatic heterocycles. The van der Waals surface area contributed by atoms with Crippen LogP contribution in [0.25, 0.3) is 0 Å². The third-order valence-electron chi connectivity index (χ3n) is 5.07. The number of thioether (sulfide) groups is 1. The molecular weight excluding hydrogens is 494 g/mol. The van der Waals surface area contributed by atoms with Crippen LogP contribution >= 0.6 is 23.1 Å². The zero-order chi connectivity index (χ0) is 25.1. The van der Waals surface area contributed by atoms with E-state index < -0.39 is 29.2 Å². The normalized spacial score (nSPS) is 19.5. The molecule has 4 heterocycles. The van der Waals surface area contributed by atoms with Crippen molar-refractivity contribution in [2.24, 2.45) is 5.16 Å². The molecule has 180 valence electrons. The average molecular weight is 514 g/mol. The summed E-state index contributed by atoms with van der Waals surface area (Å²) in [6.07, 6.45) is 8.54. The highest BCUT2D eigenvalue weighted by Gasteiger charge is 2.53. The Morgan fingerprint density at radius 2 is 2.26 bits per heavy atom. The third-order valence-corrected chi connectivity index (χ3v) is 7.08. The highest BCUT2D eigenvalue weighted by atomic mass is 32.2. The minimum absolute atomic E-state index is 0.152. The molecule has 0 aliphatic carbocycles. The molecule has 1 saturated heterocycles. The van der Waals surface area contributed by atoms with Crippen molar-refractivity contribution in [3.63, 3.8) is 0 Å². The maximum atomic E-state index is 12.9. The van der Waals surface area contributed by atoms with E-state index in [4.69, 9.17) is 22.7 Å². The van der Waals surface area contributed by atoms with Gasteiger partial charge in [-0.1, -0.05) is 11.1 Å². The molecule has 2 aromatic heterocycles. The van der Waals surface area contributed by atoms with Crippen molar-refractivity contribution < 1.29 is 28.9 Å². The molecule has 5 N–H and O–H groups in total. The number of nitrogens with zero attached hydrogens (tertiary/aromatic N) is 4. The van der Waals surface area contributed by atoms with E-state index in [9.17, 15) is 19.5 Å². The van der Waals surface area contributed by atoms with Gasteiger partial charge < -0.3 is 31.5 Å². The Kier molecular flexibility index (Phi) is 6.90. The van der Waals surface area contributed by atoms with Crippen molar-refractivity contribution in [2.75, 3.05) is 23.8 Å². The number of aromatic nitrogens is 2. The number of hydrogen-bond donors (Lipinski definition) is 3. The number of terminal acetylenes is 1. The average Bonchev–Trinajstić information content (AvgIpc) is 3.25. The van der Waals surface area contributed by atoms with Gasteiger partial charge in [-0.3, -0.25) is 14.5 Å². The van der Waals surface area contributed by atoms with Crippen LogP contribution in [0.15, 0.2) is 46.3 Å². The lowest BCUT2D eigenvalue weighted by Gasteiger charge is -2.50. The minimum atomic E-state index is -1.48. The van der Waals surface area contributed by atoms with Crippen molar-refractivity contribution in [3.8, 4) is 12.3 Å². The number of carboxylic acid groups (broad SMARTS) is 1. The number of thiazole rings is 1. The number of nitrogens with two attached hydrogens (primary N) is 2. The number of hydrogen-bond acceptors (Lipinski definition) is 11. The molecule has 35 heavy (non-hydrogen) atoms. The Balaban J connectivity index is 1.53. The van der Waals surface area contributed by atoms with Crippen LogP contribution in [-0.4, -0.2) is 57.2 Å². The molecule has 0 aromatic carbocycles. The quantitative estimate of drug-likeness (QED) is 0.0903. The summed E-state index contributed by atoms with van der Waals surface area (Å²) in [6.45, 7) is 0.0298. The molecule has 2 aliphatic rings. The van der Waals surface area contributed by atoms with Crippen LogP contribution in [0.4, 0.5) is 10.8 Å². The van der Waals surface area contributed by atoms with Gasteiger partial charge in [-0.2, -0.15) is 4.57 Å². The maximum Gasteiger partial charge on any atom is 0.276 e. The largest absolute Gasteiger partial charge is 0.543 e. The van der Waals surface area contributed by atoms with Gasteiger partial charge in [0, 0.05) is 22.8 Å². The second kappa shape index (κ2) is 10.0. The van der Waals surface area contributed by atoms with Crippen molar-refractivity contribution in [1.82, 2.24) is 15.2 Å². The van der Waals surface area contributed by atoms with Gasteiger partial charge in [-0.25, -0.2) is 4.98 Å². The van der Waals surface area contributed by atoms with Crippen molar-refractivity contribution in [2.45, 2.75) is 18.0 Å². The van der Waals surface area contributed by atoms with Gasteiger partial charge in [0.05, 0.1) is 17.4 Å². The lowest BCUT2D eigenvalue weighted by molar-refractivity contribution is -0.688. The van der Waals surface area contributed by atoms with Crippen LogP contribution < -0.4 is 26.5 Å². The summed E-state index contributed by atoms with van der Waals surface area (Å²) in [5.41, 5.74) is 12.2. The van der Waals surface area contributed by atoms with Crippen LogP contribution in [0.3, 0.4) is 0 Å². The Labute approximate surface area is 207 Å². The fourth-order valence-corrected chi connectivity index (χ4v) is 5.48. The molecule has 12 nitrogen and oxygen atoms in total. The molecule has 0 saturated carbocycles. The number of oxime groups is 1. The molecular formula is C21H19N7O5S2. The first-order valence-electron chi connectivity index (χ1n) is 10.1. The molecule has 0 bridgehead atoms. The molecule has 2 amide bonds. The van der Waals surface area contributed by atoms with E-state index >= 15 is 0 Å². The fourth-order valence-electron chi connectivity index (χ4n) is 3.60. The van der Waals surface area contributed by atoms with Crippen molar-refractivity contribution in [3.05, 3.63) is 46.9 Å². The lowest BCUT2D eigenvalue weighted by atomic mass is 10.0. The molecule has 1 unspecified atom stereocenters. The number of nitrogen functional groups attached to an aromatic ring is 2. The number of rotatable bonds is 8. The number of carbonyl (C=O) groups is 3. The first-order valence-corrected chi connectivity index (χ1v) is 12.0. The Morgan fingerprint density at radius 3 is 2.91 bits per heavy atom. The summed E-state index contributed by atoms with van der Waals surface area (Å²) in [7, 11) is 0. The number of nitrogens with one attached hydrogen (secondary N) is 1. The van der Waals surface area contributed by atoms with Gasteiger partial charge in [0.2, 0.25) is 0 Å². The van der Waals surface area contributed by atoms with Gasteiger partial charge >= 0.3 is 0 Å². The molecule has 14 heteroatoms. The highest BCUT2D eigenvalue weighted by Crippen LogP contribution is 2.40. The highest BCUT2D eigenvalue weighted by molar-refractivity contribution is 8.00. The first kappa shape index (κ1) is 24.0. The topological polar surface area (TPSA) is 180 Å². The van der Waals surface area contributed by atoms with Crippen LogP contribution in [0.5, 0.6) is 0 Å². The van der Waals surface area contributed by atoms with E-state index in [-0.39, 0.29) is 35.4 Å². The molecule has 2 atom stereocenters. The Bertz CT molecular complexity index is 1300. The van der Waals surface area contributed by atoms with Gasteiger partial charge in [0.25, 0.3) is 11.8 Å². The summed E-state index contributed by atoms with van der Waals surface area (Å²) in [6, 6.07) is 2.45. The summed E-state index contributed by atoms with van der Waals surface area (Å²) in [5, 5.41) is 19.4. The van der Waals surface area contributed by atoms with Crippen molar-refractivity contribution in [1.29, 1.82) is 0 Å². The Hall–Kier alpha value is -4.09. The van der Waals surface area contributed by atoms with E-state index in [0.717, 1.165) is 16.2 Å². The predicted molar refractivity (Wildman–Crippen MR) is 126 cm³/mol. The predicted octanol–water partition coefficient (Wildman–Crippen LogP) is -1.95. The van der Waals surface area contributed by atoms with Crippen molar-refractivity contribution >= 4 is 57.4 Å². The lowest BCUT2D eigenvalue weighted by Crippen LogP contribution is -2.71. The second-order valence-corrected chi connectivity index (χ2v) is 9.39. The number of carboxylic acids is 1. The standard InChI is InChI=1S/C21H19N7O5S2/c1-2-6-33-26-14(13-10-35-21(23)24-13)17(29)25-15-18(30)28-16(20(31)32)11(9-34-19(15)28)7-27-5-3-4-12(22)8-27/h1,3-5,8,10,15,19H,6-7,9,22H2,(H3-,23,24,25,29,31,32)/t15?,19-/m0/s1. The number of fused-ring (bicyclic) bond motifs is 1. The monoisotopic (exact) mass is 513 g/mol. The zero-order valence-electron chi connectivity index (χ0n) is 18.0. The number of aliphatic carboxylic acids is 1. The first-order chi connectivity index (χ1) is 16.8. The number of anilines is 2. The number of pyridine rings is 1. The molecule has 1 fully saturated rings. The van der Waals surface area contributed by atoms with Gasteiger partial charge in [-0.05, 0) is 6.07 Å². The van der Waals surface area contributed by atoms with E-state index in [1.165, 1.54) is 17.1 Å². The smallest absolute Gasteiger partial charge is 0.276 e. The van der Waals surface area contributed by atoms with Crippen LogP contribution in [0.2, 0.25) is 0 Å². The number of β-lactam (4-membered cyclic amide) rings is 1. The SMILES string of the molecule is C#CCON=C(C(=O)NC1C(=O)N2C(C(=O)[O-])=C(C[n+]3cccc(N)c3)CS[C@@H]12)c1csc(N)n1. The van der Waals surface area contributed by atoms with E-state index in [2.05, 4.69) is 21.4 Å². The summed E-state index contributed by atoms with van der Waals surface area (Å²) in [5.74, 6) is -0.282. The third kappa shape index (κ3) is 4.91. The molecule has 2 aromatic rings. The van der Waals surface area contributed by atoms with Gasteiger partial charge in [0.15, 0.2) is 36.4 Å². The summed E-state index contributed by atoms with van der Waals surface area (Å²) in [4.78, 5) is 47.9. The van der Waals surface area contributed by atoms with E-state index in [1.807, 2.05) is 0 Å². The second-order valence-electron chi connectivity index (χ2n) is 7.40. The summed E-state index contributed by atoms with van der Waals surface area (Å²) >= 11 is 2.41. The van der Waals surface area contributed by atoms with E-state index in [0.29, 0.717) is 17.0 Å². The fraction of sp³-hybridized carbons (Fsp3) is 0.238. The van der Waals surface area contributed by atoms with Crippen LogP contribution in [-0.2, 0) is 25.8 Å². The minimum Gasteiger partial charge on any atom is -0.543 e. The zero-order valence-corrected chi connectivity index (χ0v) is 19.7. The Morgan fingerprint density at radius 1 is 1.46 bits per heavy atom.